The second-order valence-electron chi connectivity index (χ2n) is 4.37. The van der Waals surface area contributed by atoms with Gasteiger partial charge in [0.05, 0.1) is 6.04 Å². The Morgan fingerprint density at radius 3 is 2.89 bits per heavy atom. The lowest BCUT2D eigenvalue weighted by Gasteiger charge is -2.12. The Kier molecular flexibility index (Phi) is 2.96. The van der Waals surface area contributed by atoms with E-state index in [-0.39, 0.29) is 11.9 Å². The second kappa shape index (κ2) is 4.61. The minimum atomic E-state index is -0.164. The summed E-state index contributed by atoms with van der Waals surface area (Å²) in [5, 5.41) is 3.01. The monoisotopic (exact) mass is 305 g/mol. The second-order valence-corrected chi connectivity index (χ2v) is 5.15. The van der Waals surface area contributed by atoms with Crippen LogP contribution in [0.5, 0.6) is 0 Å². The van der Waals surface area contributed by atoms with Gasteiger partial charge in [-0.05, 0) is 52.0 Å². The zero-order valence-corrected chi connectivity index (χ0v) is 11.2. The molecule has 0 radical (unpaired) electrons. The first-order valence-corrected chi connectivity index (χ1v) is 6.67. The van der Waals surface area contributed by atoms with E-state index < -0.39 is 0 Å². The summed E-state index contributed by atoms with van der Waals surface area (Å²) >= 11 is 3.19. The number of nitrogens with one attached hydrogen (secondary N) is 1. The van der Waals surface area contributed by atoms with Crippen molar-refractivity contribution in [3.63, 3.8) is 0 Å². The Labute approximate surface area is 113 Å². The van der Waals surface area contributed by atoms with Crippen LogP contribution in [-0.2, 0) is 6.42 Å². The first-order chi connectivity index (χ1) is 8.74. The Bertz CT molecular complexity index is 591. The van der Waals surface area contributed by atoms with Gasteiger partial charge in [-0.1, -0.05) is 24.3 Å². The van der Waals surface area contributed by atoms with Gasteiger partial charge in [-0.25, -0.2) is 0 Å². The molecule has 1 atom stereocenters. The molecule has 0 saturated heterocycles. The van der Waals surface area contributed by atoms with Gasteiger partial charge in [0.2, 0.25) is 0 Å². The summed E-state index contributed by atoms with van der Waals surface area (Å²) in [6, 6.07) is 11.7. The molecule has 1 amide bonds. The molecule has 1 aromatic carbocycles. The van der Waals surface area contributed by atoms with Crippen LogP contribution in [0.15, 0.2) is 45.5 Å². The van der Waals surface area contributed by atoms with Crippen molar-refractivity contribution in [1.82, 2.24) is 5.32 Å². The number of hydrogen-bond donors (Lipinski definition) is 1. The number of benzene rings is 1. The van der Waals surface area contributed by atoms with Gasteiger partial charge in [0.15, 0.2) is 10.4 Å². The van der Waals surface area contributed by atoms with Crippen LogP contribution in [-0.4, -0.2) is 5.91 Å². The van der Waals surface area contributed by atoms with Crippen LogP contribution in [0.3, 0.4) is 0 Å². The first kappa shape index (κ1) is 11.5. The standard InChI is InChI=1S/C14H12BrNO2/c15-13-8-7-12(18-13)14(17)16-11-6-5-9-3-1-2-4-10(9)11/h1-4,7-8,11H,5-6H2,(H,16,17). The number of amides is 1. The number of fused-ring (bicyclic) bond motifs is 1. The molecular weight excluding hydrogens is 294 g/mol. The smallest absolute Gasteiger partial charge is 0.287 e. The highest BCUT2D eigenvalue weighted by molar-refractivity contribution is 9.10. The summed E-state index contributed by atoms with van der Waals surface area (Å²) in [5.41, 5.74) is 2.54. The Hall–Kier alpha value is -1.55. The third-order valence-electron chi connectivity index (χ3n) is 3.24. The summed E-state index contributed by atoms with van der Waals surface area (Å²) in [5.74, 6) is 0.175. The van der Waals surface area contributed by atoms with Crippen LogP contribution in [0.2, 0.25) is 0 Å². The molecule has 3 nitrogen and oxygen atoms in total. The van der Waals surface area contributed by atoms with Crippen molar-refractivity contribution in [2.45, 2.75) is 18.9 Å². The number of rotatable bonds is 2. The molecule has 3 rings (SSSR count). The molecule has 18 heavy (non-hydrogen) atoms. The molecular formula is C14H12BrNO2. The minimum Gasteiger partial charge on any atom is -0.444 e. The lowest BCUT2D eigenvalue weighted by atomic mass is 10.1. The third kappa shape index (κ3) is 2.08. The lowest BCUT2D eigenvalue weighted by Crippen LogP contribution is -2.26. The van der Waals surface area contributed by atoms with Crippen LogP contribution >= 0.6 is 15.9 Å². The quantitative estimate of drug-likeness (QED) is 0.923. The molecule has 0 spiro atoms. The predicted octanol–water partition coefficient (Wildman–Crippen LogP) is 3.46. The van der Waals surface area contributed by atoms with Crippen molar-refractivity contribution in [1.29, 1.82) is 0 Å². The lowest BCUT2D eigenvalue weighted by molar-refractivity contribution is 0.0907. The van der Waals surface area contributed by atoms with Crippen LogP contribution in [0.1, 0.15) is 34.1 Å². The Morgan fingerprint density at radius 1 is 1.28 bits per heavy atom. The molecule has 0 saturated carbocycles. The van der Waals surface area contributed by atoms with E-state index in [4.69, 9.17) is 4.42 Å². The first-order valence-electron chi connectivity index (χ1n) is 5.88. The minimum absolute atomic E-state index is 0.0950. The van der Waals surface area contributed by atoms with E-state index in [1.54, 1.807) is 12.1 Å². The van der Waals surface area contributed by atoms with Gasteiger partial charge in [0.1, 0.15) is 0 Å². The number of halogens is 1. The van der Waals surface area contributed by atoms with E-state index in [2.05, 4.69) is 33.4 Å². The molecule has 0 fully saturated rings. The van der Waals surface area contributed by atoms with Crippen LogP contribution < -0.4 is 5.32 Å². The van der Waals surface area contributed by atoms with Crippen LogP contribution in [0.4, 0.5) is 0 Å². The summed E-state index contributed by atoms with van der Waals surface area (Å²) in [4.78, 5) is 12.0. The summed E-state index contributed by atoms with van der Waals surface area (Å²) < 4.78 is 5.82. The van der Waals surface area contributed by atoms with Crippen LogP contribution in [0, 0.1) is 0 Å². The number of hydrogen-bond acceptors (Lipinski definition) is 2. The van der Waals surface area contributed by atoms with E-state index in [0.717, 1.165) is 12.8 Å². The van der Waals surface area contributed by atoms with Crippen molar-refractivity contribution < 1.29 is 9.21 Å². The maximum atomic E-state index is 12.0. The van der Waals surface area contributed by atoms with Gasteiger partial charge < -0.3 is 9.73 Å². The van der Waals surface area contributed by atoms with Crippen molar-refractivity contribution >= 4 is 21.8 Å². The van der Waals surface area contributed by atoms with Gasteiger partial charge in [-0.15, -0.1) is 0 Å². The molecule has 0 bridgehead atoms. The fraction of sp³-hybridized carbons (Fsp3) is 0.214. The average molecular weight is 306 g/mol. The van der Waals surface area contributed by atoms with Crippen molar-refractivity contribution in [3.8, 4) is 0 Å². The fourth-order valence-corrected chi connectivity index (χ4v) is 2.68. The molecule has 1 aliphatic carbocycles. The maximum absolute atomic E-state index is 12.0. The van der Waals surface area contributed by atoms with Crippen molar-refractivity contribution in [2.24, 2.45) is 0 Å². The van der Waals surface area contributed by atoms with Crippen molar-refractivity contribution in [3.05, 3.63) is 58.0 Å². The normalized spacial score (nSPS) is 17.5. The molecule has 4 heteroatoms. The highest BCUT2D eigenvalue weighted by atomic mass is 79.9. The summed E-state index contributed by atoms with van der Waals surface area (Å²) in [6.07, 6.45) is 1.97. The topological polar surface area (TPSA) is 42.2 Å². The summed E-state index contributed by atoms with van der Waals surface area (Å²) in [7, 11) is 0. The van der Waals surface area contributed by atoms with Gasteiger partial charge in [-0.2, -0.15) is 0 Å². The van der Waals surface area contributed by atoms with Crippen molar-refractivity contribution in [2.75, 3.05) is 0 Å². The van der Waals surface area contributed by atoms with E-state index in [1.807, 2.05) is 12.1 Å². The Balaban J connectivity index is 1.77. The molecule has 92 valence electrons. The maximum Gasteiger partial charge on any atom is 0.287 e. The number of aryl methyl sites for hydroxylation is 1. The van der Waals surface area contributed by atoms with E-state index in [9.17, 15) is 4.79 Å². The van der Waals surface area contributed by atoms with Crippen LogP contribution in [0.25, 0.3) is 0 Å². The van der Waals surface area contributed by atoms with Gasteiger partial charge in [0, 0.05) is 0 Å². The van der Waals surface area contributed by atoms with Gasteiger partial charge in [-0.3, -0.25) is 4.79 Å². The van der Waals surface area contributed by atoms with Gasteiger partial charge >= 0.3 is 0 Å². The largest absolute Gasteiger partial charge is 0.444 e. The zero-order valence-electron chi connectivity index (χ0n) is 9.65. The molecule has 1 heterocycles. The highest BCUT2D eigenvalue weighted by Crippen LogP contribution is 2.31. The highest BCUT2D eigenvalue weighted by Gasteiger charge is 2.24. The predicted molar refractivity (Wildman–Crippen MR) is 71.4 cm³/mol. The number of carbonyl (C=O) groups excluding carboxylic acids is 1. The molecule has 1 aromatic heterocycles. The molecule has 2 aromatic rings. The molecule has 1 N–H and O–H groups in total. The number of carbonyl (C=O) groups is 1. The SMILES string of the molecule is O=C(NC1CCc2ccccc21)c1ccc(Br)o1. The Morgan fingerprint density at radius 2 is 2.11 bits per heavy atom. The summed E-state index contributed by atoms with van der Waals surface area (Å²) in [6.45, 7) is 0. The zero-order chi connectivity index (χ0) is 12.5. The van der Waals surface area contributed by atoms with E-state index in [1.165, 1.54) is 11.1 Å². The molecule has 0 aliphatic heterocycles. The molecule has 1 aliphatic rings. The number of furan rings is 1. The third-order valence-corrected chi connectivity index (χ3v) is 3.66. The van der Waals surface area contributed by atoms with E-state index in [0.29, 0.717) is 10.4 Å². The van der Waals surface area contributed by atoms with E-state index >= 15 is 0 Å². The molecule has 1 unspecified atom stereocenters. The average Bonchev–Trinajstić information content (AvgIpc) is 2.97. The van der Waals surface area contributed by atoms with Gasteiger partial charge in [0.25, 0.3) is 5.91 Å². The fourth-order valence-electron chi connectivity index (χ4n) is 2.37.